The fourth-order valence-electron chi connectivity index (χ4n) is 1.15. The lowest BCUT2D eigenvalue weighted by atomic mass is 10.2. The Morgan fingerprint density at radius 3 is 2.71 bits per heavy atom. The van der Waals surface area contributed by atoms with E-state index in [-0.39, 0.29) is 12.3 Å². The van der Waals surface area contributed by atoms with Crippen molar-refractivity contribution in [1.82, 2.24) is 0 Å². The van der Waals surface area contributed by atoms with E-state index in [0.717, 1.165) is 0 Å². The molecule has 0 atom stereocenters. The smallest absolute Gasteiger partial charge is 0.337 e. The van der Waals surface area contributed by atoms with Crippen molar-refractivity contribution in [2.45, 2.75) is 6.92 Å². The molecule has 0 fully saturated rings. The van der Waals surface area contributed by atoms with Gasteiger partial charge in [-0.25, -0.2) is 4.85 Å². The second kappa shape index (κ2) is 6.43. The molecular formula is C12H9BrClNO2. The van der Waals surface area contributed by atoms with E-state index in [2.05, 4.69) is 20.8 Å². The first-order chi connectivity index (χ1) is 8.11. The zero-order valence-corrected chi connectivity index (χ0v) is 11.4. The fraction of sp³-hybridized carbons (Fsp3) is 0.167. The van der Waals surface area contributed by atoms with E-state index in [4.69, 9.17) is 22.9 Å². The van der Waals surface area contributed by atoms with Crippen LogP contribution in [0.2, 0.25) is 5.02 Å². The minimum absolute atomic E-state index is 0.111. The minimum Gasteiger partial charge on any atom is -0.471 e. The lowest BCUT2D eigenvalue weighted by Gasteiger charge is -2.06. The highest BCUT2D eigenvalue weighted by molar-refractivity contribution is 9.15. The minimum atomic E-state index is -0.658. The highest BCUT2D eigenvalue weighted by Crippen LogP contribution is 2.31. The standard InChI is InChI=1S/C12H9BrClNO2/c1-3-17-12(16)11(15-2)10(13)8-6-4-5-7-9(8)14/h4-7H,3H2,1H3. The van der Waals surface area contributed by atoms with Crippen LogP contribution in [-0.4, -0.2) is 12.6 Å². The number of rotatable bonds is 3. The first-order valence-corrected chi connectivity index (χ1v) is 5.98. The summed E-state index contributed by atoms with van der Waals surface area (Å²) in [6.45, 7) is 8.92. The maximum absolute atomic E-state index is 11.5. The van der Waals surface area contributed by atoms with Gasteiger partial charge in [-0.05, 0) is 18.6 Å². The van der Waals surface area contributed by atoms with E-state index < -0.39 is 5.97 Å². The lowest BCUT2D eigenvalue weighted by molar-refractivity contribution is -0.138. The van der Waals surface area contributed by atoms with Crippen LogP contribution >= 0.6 is 27.5 Å². The fourth-order valence-corrected chi connectivity index (χ4v) is 2.09. The van der Waals surface area contributed by atoms with Crippen LogP contribution in [0, 0.1) is 6.57 Å². The zero-order chi connectivity index (χ0) is 12.8. The molecule has 1 aromatic rings. The van der Waals surface area contributed by atoms with Crippen molar-refractivity contribution in [2.75, 3.05) is 6.61 Å². The summed E-state index contributed by atoms with van der Waals surface area (Å²) < 4.78 is 5.14. The van der Waals surface area contributed by atoms with Crippen molar-refractivity contribution < 1.29 is 9.53 Å². The second-order valence-corrected chi connectivity index (χ2v) is 4.17. The maximum atomic E-state index is 11.5. The second-order valence-electron chi connectivity index (χ2n) is 2.97. The first kappa shape index (κ1) is 13.8. The molecular weight excluding hydrogens is 305 g/mol. The Morgan fingerprint density at radius 2 is 2.18 bits per heavy atom. The zero-order valence-electron chi connectivity index (χ0n) is 9.04. The van der Waals surface area contributed by atoms with Crippen LogP contribution in [0.3, 0.4) is 0 Å². The SMILES string of the molecule is [C-]#[N+]C(C(=O)OCC)=C(Br)c1ccccc1Cl. The normalized spacial score (nSPS) is 11.4. The molecule has 0 aliphatic rings. The molecule has 0 heterocycles. The molecule has 1 rings (SSSR count). The molecule has 0 amide bonds. The molecule has 0 aliphatic heterocycles. The van der Waals surface area contributed by atoms with Crippen molar-refractivity contribution in [3.8, 4) is 0 Å². The Kier molecular flexibility index (Phi) is 5.20. The van der Waals surface area contributed by atoms with Crippen molar-refractivity contribution in [2.24, 2.45) is 0 Å². The van der Waals surface area contributed by atoms with Crippen molar-refractivity contribution >= 4 is 38.0 Å². The summed E-state index contributed by atoms with van der Waals surface area (Å²) >= 11 is 9.20. The van der Waals surface area contributed by atoms with Crippen molar-refractivity contribution in [3.63, 3.8) is 0 Å². The van der Waals surface area contributed by atoms with Gasteiger partial charge in [0.25, 0.3) is 5.70 Å². The molecule has 0 spiro atoms. The number of carbonyl (C=O) groups is 1. The summed E-state index contributed by atoms with van der Waals surface area (Å²) in [6, 6.07) is 6.95. The highest BCUT2D eigenvalue weighted by atomic mass is 79.9. The average Bonchev–Trinajstić information content (AvgIpc) is 2.30. The summed E-state index contributed by atoms with van der Waals surface area (Å²) in [5, 5.41) is 0.463. The van der Waals surface area contributed by atoms with E-state index in [1.54, 1.807) is 31.2 Å². The molecule has 1 aromatic carbocycles. The van der Waals surface area contributed by atoms with Crippen LogP contribution < -0.4 is 0 Å². The quantitative estimate of drug-likeness (QED) is 0.481. The van der Waals surface area contributed by atoms with Crippen LogP contribution in [0.4, 0.5) is 0 Å². The predicted octanol–water partition coefficient (Wildman–Crippen LogP) is 3.89. The number of benzene rings is 1. The summed E-state index contributed by atoms with van der Waals surface area (Å²) in [6.07, 6.45) is 0. The molecule has 88 valence electrons. The third-order valence-corrected chi connectivity index (χ3v) is 3.03. The molecule has 0 radical (unpaired) electrons. The van der Waals surface area contributed by atoms with E-state index in [9.17, 15) is 4.79 Å². The third-order valence-electron chi connectivity index (χ3n) is 1.90. The molecule has 0 saturated carbocycles. The topological polar surface area (TPSA) is 30.7 Å². The van der Waals surface area contributed by atoms with Gasteiger partial charge in [0, 0.05) is 9.51 Å². The van der Waals surface area contributed by atoms with Crippen LogP contribution in [0.25, 0.3) is 9.33 Å². The van der Waals surface area contributed by atoms with Gasteiger partial charge in [0.05, 0.1) is 13.2 Å². The highest BCUT2D eigenvalue weighted by Gasteiger charge is 2.18. The van der Waals surface area contributed by atoms with Crippen molar-refractivity contribution in [1.29, 1.82) is 0 Å². The summed E-state index contributed by atoms with van der Waals surface area (Å²) in [5.74, 6) is -0.658. The molecule has 17 heavy (non-hydrogen) atoms. The number of halogens is 2. The molecule has 0 unspecified atom stereocenters. The van der Waals surface area contributed by atoms with Crippen LogP contribution in [0.15, 0.2) is 30.0 Å². The van der Waals surface area contributed by atoms with Gasteiger partial charge in [0.2, 0.25) is 0 Å². The Balaban J connectivity index is 3.24. The number of ether oxygens (including phenoxy) is 1. The largest absolute Gasteiger partial charge is 0.471 e. The molecule has 0 aromatic heterocycles. The number of nitrogens with zero attached hydrogens (tertiary/aromatic N) is 1. The average molecular weight is 315 g/mol. The van der Waals surface area contributed by atoms with E-state index in [1.807, 2.05) is 0 Å². The van der Waals surface area contributed by atoms with Gasteiger partial charge in [-0.3, -0.25) is 4.79 Å². The Bertz CT molecular complexity index is 505. The number of carbonyl (C=O) groups excluding carboxylic acids is 1. The predicted molar refractivity (Wildman–Crippen MR) is 70.5 cm³/mol. The number of esters is 1. The summed E-state index contributed by atoms with van der Waals surface area (Å²) in [4.78, 5) is 14.7. The Morgan fingerprint density at radius 1 is 1.53 bits per heavy atom. The van der Waals surface area contributed by atoms with Gasteiger partial charge < -0.3 is 4.74 Å². The number of hydrogen-bond acceptors (Lipinski definition) is 2. The first-order valence-electron chi connectivity index (χ1n) is 4.81. The molecule has 5 heteroatoms. The summed E-state index contributed by atoms with van der Waals surface area (Å²) in [7, 11) is 0. The van der Waals surface area contributed by atoms with E-state index in [1.165, 1.54) is 0 Å². The van der Waals surface area contributed by atoms with E-state index >= 15 is 0 Å². The van der Waals surface area contributed by atoms with Crippen LogP contribution in [0.5, 0.6) is 0 Å². The molecule has 0 saturated heterocycles. The summed E-state index contributed by atoms with van der Waals surface area (Å²) in [5.41, 5.74) is 0.480. The van der Waals surface area contributed by atoms with Crippen LogP contribution in [-0.2, 0) is 9.53 Å². The Hall–Kier alpha value is -1.31. The van der Waals surface area contributed by atoms with Gasteiger partial charge in [-0.2, -0.15) is 0 Å². The van der Waals surface area contributed by atoms with Gasteiger partial charge >= 0.3 is 5.97 Å². The van der Waals surface area contributed by atoms with Gasteiger partial charge in [-0.1, -0.05) is 45.7 Å². The number of hydrogen-bond donors (Lipinski definition) is 0. The molecule has 0 N–H and O–H groups in total. The van der Waals surface area contributed by atoms with Crippen LogP contribution in [0.1, 0.15) is 12.5 Å². The Labute approximate surface area is 113 Å². The van der Waals surface area contributed by atoms with Gasteiger partial charge in [0.15, 0.2) is 0 Å². The third kappa shape index (κ3) is 3.32. The lowest BCUT2D eigenvalue weighted by Crippen LogP contribution is -2.06. The molecule has 0 bridgehead atoms. The monoisotopic (exact) mass is 313 g/mol. The van der Waals surface area contributed by atoms with E-state index in [0.29, 0.717) is 15.1 Å². The van der Waals surface area contributed by atoms with Gasteiger partial charge in [-0.15, -0.1) is 0 Å². The maximum Gasteiger partial charge on any atom is 0.337 e. The molecule has 3 nitrogen and oxygen atoms in total. The van der Waals surface area contributed by atoms with Crippen molar-refractivity contribution in [3.05, 3.63) is 52.0 Å². The van der Waals surface area contributed by atoms with Gasteiger partial charge in [0.1, 0.15) is 0 Å². The molecule has 0 aliphatic carbocycles.